The van der Waals surface area contributed by atoms with Crippen molar-refractivity contribution in [3.63, 3.8) is 0 Å². The van der Waals surface area contributed by atoms with Crippen molar-refractivity contribution in [1.29, 1.82) is 0 Å². The van der Waals surface area contributed by atoms with Gasteiger partial charge < -0.3 is 13.9 Å². The van der Waals surface area contributed by atoms with Crippen molar-refractivity contribution in [2.75, 3.05) is 48.5 Å². The number of nitrogens with one attached hydrogen (secondary N) is 1. The molecule has 0 aromatic carbocycles. The third-order valence-corrected chi connectivity index (χ3v) is 8.40. The van der Waals surface area contributed by atoms with E-state index in [-0.39, 0.29) is 6.23 Å². The predicted octanol–water partition coefficient (Wildman–Crippen LogP) is 3.21. The van der Waals surface area contributed by atoms with Crippen LogP contribution in [0.1, 0.15) is 18.5 Å². The van der Waals surface area contributed by atoms with Crippen LogP contribution in [0.15, 0.2) is 84.0 Å². The lowest BCUT2D eigenvalue weighted by Crippen LogP contribution is -2.60. The third-order valence-electron chi connectivity index (χ3n) is 7.26. The molecule has 10 nitrogen and oxygen atoms in total. The first kappa shape index (κ1) is 24.4. The number of nitrogens with zero attached hydrogens (tertiary/aromatic N) is 8. The number of rotatable bonds is 6. The first-order valence-corrected chi connectivity index (χ1v) is 14.4. The van der Waals surface area contributed by atoms with Gasteiger partial charge in [-0.1, -0.05) is 18.2 Å². The lowest BCUT2D eigenvalue weighted by Gasteiger charge is -2.49. The van der Waals surface area contributed by atoms with Gasteiger partial charge in [0, 0.05) is 50.4 Å². The van der Waals surface area contributed by atoms with Crippen LogP contribution in [0.4, 0.5) is 11.6 Å². The van der Waals surface area contributed by atoms with Crippen molar-refractivity contribution in [3.05, 3.63) is 84.7 Å². The minimum absolute atomic E-state index is 0.137. The summed E-state index contributed by atoms with van der Waals surface area (Å²) >= 11 is 1.85. The largest absolute Gasteiger partial charge is 0.358 e. The van der Waals surface area contributed by atoms with Crippen LogP contribution in [0.25, 0.3) is 5.57 Å². The molecule has 7 rings (SSSR count). The Balaban J connectivity index is 1.49. The molecule has 3 fully saturated rings. The molecule has 2 atom stereocenters. The summed E-state index contributed by atoms with van der Waals surface area (Å²) in [6.45, 7) is 4.17. The van der Waals surface area contributed by atoms with Gasteiger partial charge in [-0.2, -0.15) is 0 Å². The van der Waals surface area contributed by atoms with Gasteiger partial charge in [0.05, 0.1) is 24.5 Å². The Bertz CT molecular complexity index is 1320. The SMILES string of the molecule is c1ccc(C2=C(N3CCCS3)N(c3ccccn3)C(N(c3ccccn3)C3CCO3)N=C2N2CCNC2)nc1. The molecule has 0 radical (unpaired) electrons. The quantitative estimate of drug-likeness (QED) is 0.470. The molecule has 7 heterocycles. The lowest BCUT2D eigenvalue weighted by atomic mass is 10.1. The first-order valence-electron chi connectivity index (χ1n) is 13.5. The lowest BCUT2D eigenvalue weighted by molar-refractivity contribution is -0.0558. The summed E-state index contributed by atoms with van der Waals surface area (Å²) in [5.41, 5.74) is 1.92. The summed E-state index contributed by atoms with van der Waals surface area (Å²) in [5, 5.41) is 3.50. The van der Waals surface area contributed by atoms with E-state index in [2.05, 4.69) is 36.5 Å². The maximum absolute atomic E-state index is 6.11. The highest BCUT2D eigenvalue weighted by atomic mass is 32.2. The minimum atomic E-state index is -0.459. The first-order chi connectivity index (χ1) is 19.4. The van der Waals surface area contributed by atoms with E-state index in [0.717, 1.165) is 86.1 Å². The standard InChI is InChI=1S/C28H31N9OS/c1-4-12-30-21(8-1)25-26(34-17-15-29-20-34)33-28(36(24-11-18-38-24)22-9-2-5-13-31-22)37(23-10-3-6-14-32-23)27(25)35-16-7-19-39-35/h1-6,8-10,12-14,24,28-29H,7,11,15-20H2. The Morgan fingerprint density at radius 1 is 0.949 bits per heavy atom. The molecule has 39 heavy (non-hydrogen) atoms. The van der Waals surface area contributed by atoms with E-state index in [9.17, 15) is 0 Å². The van der Waals surface area contributed by atoms with E-state index in [1.165, 1.54) is 0 Å². The number of anilines is 2. The van der Waals surface area contributed by atoms with E-state index in [1.54, 1.807) is 0 Å². The molecule has 4 aliphatic heterocycles. The summed E-state index contributed by atoms with van der Waals surface area (Å²) in [4.78, 5) is 26.8. The number of ether oxygens (including phenoxy) is 1. The molecular formula is C28H31N9OS. The highest BCUT2D eigenvalue weighted by Crippen LogP contribution is 2.42. The van der Waals surface area contributed by atoms with Crippen molar-refractivity contribution < 1.29 is 4.74 Å². The second kappa shape index (κ2) is 10.8. The van der Waals surface area contributed by atoms with Gasteiger partial charge in [-0.25, -0.2) is 15.0 Å². The zero-order chi connectivity index (χ0) is 26.0. The highest BCUT2D eigenvalue weighted by molar-refractivity contribution is 7.97. The van der Waals surface area contributed by atoms with Gasteiger partial charge >= 0.3 is 0 Å². The van der Waals surface area contributed by atoms with Gasteiger partial charge in [-0.15, -0.1) is 0 Å². The van der Waals surface area contributed by atoms with E-state index in [4.69, 9.17) is 24.7 Å². The monoisotopic (exact) mass is 541 g/mol. The third kappa shape index (κ3) is 4.60. The molecule has 1 N–H and O–H groups in total. The molecule has 3 aromatic rings. The van der Waals surface area contributed by atoms with Gasteiger partial charge in [0.2, 0.25) is 6.29 Å². The highest BCUT2D eigenvalue weighted by Gasteiger charge is 2.45. The van der Waals surface area contributed by atoms with Crippen LogP contribution in [0.2, 0.25) is 0 Å². The van der Waals surface area contributed by atoms with Crippen molar-refractivity contribution >= 4 is 35.0 Å². The Morgan fingerprint density at radius 3 is 2.38 bits per heavy atom. The van der Waals surface area contributed by atoms with Crippen molar-refractivity contribution in [1.82, 2.24) is 29.5 Å². The summed E-state index contributed by atoms with van der Waals surface area (Å²) in [5.74, 6) is 4.69. The van der Waals surface area contributed by atoms with Crippen LogP contribution in [-0.2, 0) is 4.74 Å². The zero-order valence-corrected chi connectivity index (χ0v) is 22.5. The average molecular weight is 542 g/mol. The number of aliphatic imine (C=N–C) groups is 1. The molecule has 4 aliphatic rings. The minimum Gasteiger partial charge on any atom is -0.358 e. The number of aromatic nitrogens is 3. The van der Waals surface area contributed by atoms with Crippen molar-refractivity contribution in [3.8, 4) is 0 Å². The Morgan fingerprint density at radius 2 is 1.77 bits per heavy atom. The smallest absolute Gasteiger partial charge is 0.211 e. The normalized spacial score (nSPS) is 23.2. The fourth-order valence-corrected chi connectivity index (χ4v) is 6.40. The number of pyridine rings is 3. The van der Waals surface area contributed by atoms with Crippen LogP contribution in [-0.4, -0.2) is 81.2 Å². The number of amidine groups is 1. The van der Waals surface area contributed by atoms with E-state index in [1.807, 2.05) is 73.0 Å². The van der Waals surface area contributed by atoms with Crippen LogP contribution >= 0.6 is 11.9 Å². The fraction of sp³-hybridized carbons (Fsp3) is 0.357. The second-order valence-corrected chi connectivity index (χ2v) is 10.8. The fourth-order valence-electron chi connectivity index (χ4n) is 5.36. The van der Waals surface area contributed by atoms with E-state index >= 15 is 0 Å². The average Bonchev–Trinajstić information content (AvgIpc) is 3.71. The van der Waals surface area contributed by atoms with Crippen molar-refractivity contribution in [2.45, 2.75) is 25.4 Å². The van der Waals surface area contributed by atoms with E-state index in [0.29, 0.717) is 0 Å². The second-order valence-electron chi connectivity index (χ2n) is 9.69. The molecule has 0 amide bonds. The number of hydrogen-bond donors (Lipinski definition) is 1. The van der Waals surface area contributed by atoms with Crippen LogP contribution in [0, 0.1) is 0 Å². The summed E-state index contributed by atoms with van der Waals surface area (Å²) < 4.78 is 8.52. The molecular weight excluding hydrogens is 510 g/mol. The maximum Gasteiger partial charge on any atom is 0.211 e. The summed E-state index contributed by atoms with van der Waals surface area (Å²) in [6.07, 6.45) is 6.95. The Hall–Kier alpha value is -3.67. The molecule has 3 saturated heterocycles. The molecule has 200 valence electrons. The van der Waals surface area contributed by atoms with Gasteiger partial charge in [0.15, 0.2) is 0 Å². The topological polar surface area (TPSA) is 85.2 Å². The molecule has 0 spiro atoms. The summed E-state index contributed by atoms with van der Waals surface area (Å²) in [7, 11) is 0. The molecule has 11 heteroatoms. The molecule has 3 aromatic heterocycles. The van der Waals surface area contributed by atoms with Crippen LogP contribution in [0.3, 0.4) is 0 Å². The predicted molar refractivity (Wildman–Crippen MR) is 154 cm³/mol. The number of hydrogen-bond acceptors (Lipinski definition) is 11. The molecule has 2 unspecified atom stereocenters. The zero-order valence-electron chi connectivity index (χ0n) is 21.6. The van der Waals surface area contributed by atoms with Gasteiger partial charge in [-0.05, 0) is 54.8 Å². The van der Waals surface area contributed by atoms with Gasteiger partial charge in [0.1, 0.15) is 29.5 Å². The molecule has 0 bridgehead atoms. The summed E-state index contributed by atoms with van der Waals surface area (Å²) in [6, 6.07) is 18.1. The van der Waals surface area contributed by atoms with Crippen LogP contribution < -0.4 is 15.1 Å². The molecule has 0 aliphatic carbocycles. The Kier molecular flexibility index (Phi) is 6.77. The van der Waals surface area contributed by atoms with Crippen LogP contribution in [0.5, 0.6) is 0 Å². The molecule has 0 saturated carbocycles. The Labute approximate surface area is 232 Å². The van der Waals surface area contributed by atoms with Gasteiger partial charge in [0.25, 0.3) is 0 Å². The van der Waals surface area contributed by atoms with E-state index < -0.39 is 6.29 Å². The maximum atomic E-state index is 6.11. The van der Waals surface area contributed by atoms with Crippen molar-refractivity contribution in [2.24, 2.45) is 4.99 Å². The van der Waals surface area contributed by atoms with Gasteiger partial charge in [-0.3, -0.25) is 20.1 Å².